The quantitative estimate of drug-likeness (QED) is 0.314. The van der Waals surface area contributed by atoms with Crippen LogP contribution in [-0.2, 0) is 26.2 Å². The minimum Gasteiger partial charge on any atom is -0.497 e. The van der Waals surface area contributed by atoms with Crippen LogP contribution in [0.3, 0.4) is 0 Å². The molecule has 39 heavy (non-hydrogen) atoms. The molecular weight excluding hydrogens is 582 g/mol. The van der Waals surface area contributed by atoms with Crippen molar-refractivity contribution in [3.05, 3.63) is 88.9 Å². The van der Waals surface area contributed by atoms with Crippen LogP contribution in [0.5, 0.6) is 5.75 Å². The van der Waals surface area contributed by atoms with Crippen molar-refractivity contribution < 1.29 is 22.7 Å². The SMILES string of the molecule is COc1cccc(CN(C(=O)CN(c2cccc(Br)c2)S(=O)(=O)c2ccccc2)[C@@H](C)C(=O)NCC(C)C)c1. The van der Waals surface area contributed by atoms with Gasteiger partial charge in [-0.3, -0.25) is 13.9 Å². The van der Waals surface area contributed by atoms with E-state index in [0.717, 1.165) is 9.87 Å². The maximum absolute atomic E-state index is 13.9. The minimum absolute atomic E-state index is 0.0554. The Morgan fingerprint density at radius 1 is 0.949 bits per heavy atom. The van der Waals surface area contributed by atoms with Gasteiger partial charge in [0.15, 0.2) is 0 Å². The first kappa shape index (κ1) is 30.2. The van der Waals surface area contributed by atoms with Crippen molar-refractivity contribution in [3.63, 3.8) is 0 Å². The predicted molar refractivity (Wildman–Crippen MR) is 156 cm³/mol. The Kier molecular flexibility index (Phi) is 10.5. The van der Waals surface area contributed by atoms with Gasteiger partial charge in [0, 0.05) is 17.6 Å². The van der Waals surface area contributed by atoms with E-state index >= 15 is 0 Å². The molecule has 0 heterocycles. The molecule has 2 amide bonds. The Morgan fingerprint density at radius 3 is 2.28 bits per heavy atom. The molecule has 3 rings (SSSR count). The summed E-state index contributed by atoms with van der Waals surface area (Å²) in [5.41, 5.74) is 1.06. The van der Waals surface area contributed by atoms with Gasteiger partial charge in [-0.25, -0.2) is 8.42 Å². The third kappa shape index (κ3) is 8.06. The van der Waals surface area contributed by atoms with Crippen LogP contribution in [-0.4, -0.2) is 51.4 Å². The first-order valence-electron chi connectivity index (χ1n) is 12.6. The van der Waals surface area contributed by atoms with Gasteiger partial charge in [0.05, 0.1) is 17.7 Å². The molecule has 0 bridgehead atoms. The normalized spacial score (nSPS) is 12.1. The summed E-state index contributed by atoms with van der Waals surface area (Å²) in [6.45, 7) is 5.64. The second-order valence-corrected chi connectivity index (χ2v) is 12.3. The van der Waals surface area contributed by atoms with E-state index in [4.69, 9.17) is 4.74 Å². The predicted octanol–water partition coefficient (Wildman–Crippen LogP) is 4.84. The van der Waals surface area contributed by atoms with Gasteiger partial charge >= 0.3 is 0 Å². The second-order valence-electron chi connectivity index (χ2n) is 9.49. The molecular formula is C29H34BrN3O5S. The highest BCUT2D eigenvalue weighted by Gasteiger charge is 2.32. The highest BCUT2D eigenvalue weighted by Crippen LogP contribution is 2.27. The lowest BCUT2D eigenvalue weighted by Crippen LogP contribution is -2.51. The fraction of sp³-hybridized carbons (Fsp3) is 0.310. The molecule has 0 aliphatic rings. The molecule has 0 aliphatic carbocycles. The van der Waals surface area contributed by atoms with E-state index in [1.54, 1.807) is 74.7 Å². The Hall–Kier alpha value is -3.37. The van der Waals surface area contributed by atoms with E-state index in [0.29, 0.717) is 22.5 Å². The number of hydrogen-bond acceptors (Lipinski definition) is 5. The van der Waals surface area contributed by atoms with E-state index in [1.165, 1.54) is 17.0 Å². The summed E-state index contributed by atoms with van der Waals surface area (Å²) >= 11 is 3.40. The van der Waals surface area contributed by atoms with E-state index in [9.17, 15) is 18.0 Å². The van der Waals surface area contributed by atoms with Gasteiger partial charge in [0.1, 0.15) is 18.3 Å². The lowest BCUT2D eigenvalue weighted by atomic mass is 10.1. The number of hydrogen-bond donors (Lipinski definition) is 1. The van der Waals surface area contributed by atoms with Gasteiger partial charge in [-0.15, -0.1) is 0 Å². The first-order chi connectivity index (χ1) is 18.5. The number of sulfonamides is 1. The molecule has 0 saturated heterocycles. The molecule has 0 fully saturated rings. The van der Waals surface area contributed by atoms with Gasteiger partial charge in [-0.05, 0) is 60.9 Å². The maximum atomic E-state index is 13.9. The molecule has 8 nitrogen and oxygen atoms in total. The number of rotatable bonds is 12. The Morgan fingerprint density at radius 2 is 1.64 bits per heavy atom. The number of methoxy groups -OCH3 is 1. The summed E-state index contributed by atoms with van der Waals surface area (Å²) in [7, 11) is -2.56. The van der Waals surface area contributed by atoms with E-state index in [-0.39, 0.29) is 23.3 Å². The number of nitrogens with one attached hydrogen (secondary N) is 1. The number of carbonyl (C=O) groups is 2. The summed E-state index contributed by atoms with van der Waals surface area (Å²) in [4.78, 5) is 28.4. The van der Waals surface area contributed by atoms with E-state index in [1.807, 2.05) is 19.9 Å². The number of halogens is 1. The molecule has 3 aromatic rings. The minimum atomic E-state index is -4.11. The van der Waals surface area contributed by atoms with Crippen LogP contribution in [0.1, 0.15) is 26.3 Å². The number of ether oxygens (including phenoxy) is 1. The molecule has 0 unspecified atom stereocenters. The van der Waals surface area contributed by atoms with Crippen molar-refractivity contribution in [2.24, 2.45) is 5.92 Å². The number of nitrogens with zero attached hydrogens (tertiary/aromatic N) is 2. The number of carbonyl (C=O) groups excluding carboxylic acids is 2. The lowest BCUT2D eigenvalue weighted by molar-refractivity contribution is -0.139. The standard InChI is InChI=1S/C29H34BrN3O5S/c1-21(2)18-31-29(35)22(3)32(19-23-10-8-13-26(16-23)38-4)28(34)20-33(25-12-9-11-24(30)17-25)39(36,37)27-14-6-5-7-15-27/h5-17,21-22H,18-20H2,1-4H3,(H,31,35)/t22-/m0/s1. The lowest BCUT2D eigenvalue weighted by Gasteiger charge is -2.32. The summed E-state index contributed by atoms with van der Waals surface area (Å²) in [6.07, 6.45) is 0. The molecule has 10 heteroatoms. The van der Waals surface area contributed by atoms with Crippen LogP contribution in [0.4, 0.5) is 5.69 Å². The maximum Gasteiger partial charge on any atom is 0.264 e. The van der Waals surface area contributed by atoms with Crippen LogP contribution < -0.4 is 14.4 Å². The van der Waals surface area contributed by atoms with Crippen LogP contribution in [0, 0.1) is 5.92 Å². The van der Waals surface area contributed by atoms with Gasteiger partial charge in [0.25, 0.3) is 10.0 Å². The van der Waals surface area contributed by atoms with Crippen LogP contribution in [0.25, 0.3) is 0 Å². The van der Waals surface area contributed by atoms with Crippen molar-refractivity contribution in [1.82, 2.24) is 10.2 Å². The van der Waals surface area contributed by atoms with Crippen molar-refractivity contribution in [3.8, 4) is 5.75 Å². The molecule has 0 radical (unpaired) electrons. The third-order valence-electron chi connectivity index (χ3n) is 6.05. The Labute approximate surface area is 239 Å². The molecule has 0 saturated carbocycles. The van der Waals surface area contributed by atoms with Crippen molar-refractivity contribution in [2.45, 2.75) is 38.3 Å². The Bertz CT molecular complexity index is 1380. The highest BCUT2D eigenvalue weighted by atomic mass is 79.9. The number of benzene rings is 3. The average Bonchev–Trinajstić information content (AvgIpc) is 2.93. The zero-order valence-corrected chi connectivity index (χ0v) is 24.9. The Balaban J connectivity index is 2.01. The van der Waals surface area contributed by atoms with Gasteiger partial charge in [-0.2, -0.15) is 0 Å². The third-order valence-corrected chi connectivity index (χ3v) is 8.33. The fourth-order valence-electron chi connectivity index (χ4n) is 3.88. The second kappa shape index (κ2) is 13.6. The monoisotopic (exact) mass is 615 g/mol. The van der Waals surface area contributed by atoms with Gasteiger partial charge < -0.3 is 15.0 Å². The van der Waals surface area contributed by atoms with Crippen LogP contribution in [0.15, 0.2) is 88.2 Å². The number of amides is 2. The molecule has 208 valence electrons. The average molecular weight is 617 g/mol. The van der Waals surface area contributed by atoms with Gasteiger partial charge in [-0.1, -0.05) is 66.2 Å². The van der Waals surface area contributed by atoms with Crippen molar-refractivity contribution in [1.29, 1.82) is 0 Å². The van der Waals surface area contributed by atoms with Crippen molar-refractivity contribution >= 4 is 43.5 Å². The summed E-state index contributed by atoms with van der Waals surface area (Å²) in [5.74, 6) is -0.00434. The fourth-order valence-corrected chi connectivity index (χ4v) is 5.70. The first-order valence-corrected chi connectivity index (χ1v) is 14.8. The summed E-state index contributed by atoms with van der Waals surface area (Å²) in [5, 5.41) is 2.88. The zero-order chi connectivity index (χ0) is 28.6. The summed E-state index contributed by atoms with van der Waals surface area (Å²) < 4.78 is 34.6. The van der Waals surface area contributed by atoms with E-state index in [2.05, 4.69) is 21.2 Å². The molecule has 1 N–H and O–H groups in total. The van der Waals surface area contributed by atoms with Crippen LogP contribution >= 0.6 is 15.9 Å². The largest absolute Gasteiger partial charge is 0.497 e. The topological polar surface area (TPSA) is 96.0 Å². The highest BCUT2D eigenvalue weighted by molar-refractivity contribution is 9.10. The smallest absolute Gasteiger partial charge is 0.264 e. The molecule has 3 aromatic carbocycles. The molecule has 0 aliphatic heterocycles. The molecule has 1 atom stereocenters. The van der Waals surface area contributed by atoms with Crippen LogP contribution in [0.2, 0.25) is 0 Å². The van der Waals surface area contributed by atoms with E-state index < -0.39 is 28.5 Å². The zero-order valence-electron chi connectivity index (χ0n) is 22.5. The molecule has 0 aromatic heterocycles. The van der Waals surface area contributed by atoms with Crippen molar-refractivity contribution in [2.75, 3.05) is 24.5 Å². The molecule has 0 spiro atoms. The summed E-state index contributed by atoms with van der Waals surface area (Å²) in [6, 6.07) is 21.0. The van der Waals surface area contributed by atoms with Gasteiger partial charge in [0.2, 0.25) is 11.8 Å². The number of anilines is 1.